The van der Waals surface area contributed by atoms with E-state index in [1.54, 1.807) is 24.3 Å². The fourth-order valence-corrected chi connectivity index (χ4v) is 3.36. The molecule has 0 heterocycles. The van der Waals surface area contributed by atoms with Crippen LogP contribution < -0.4 is 4.74 Å². The van der Waals surface area contributed by atoms with Gasteiger partial charge in [-0.3, -0.25) is 0 Å². The molecule has 22 heavy (non-hydrogen) atoms. The zero-order valence-corrected chi connectivity index (χ0v) is 13.8. The highest BCUT2D eigenvalue weighted by atomic mass is 35.5. The van der Waals surface area contributed by atoms with Crippen LogP contribution in [-0.2, 0) is 9.84 Å². The molecule has 0 fully saturated rings. The Morgan fingerprint density at radius 3 is 2.00 bits per heavy atom. The largest absolute Gasteiger partial charge is 0.491 e. The van der Waals surface area contributed by atoms with Crippen LogP contribution >= 0.6 is 23.2 Å². The quantitative estimate of drug-likeness (QED) is 0.858. The maximum atomic E-state index is 12.1. The second kappa shape index (κ2) is 7.33. The predicted molar refractivity (Wildman–Crippen MR) is 86.5 cm³/mol. The minimum Gasteiger partial charge on any atom is -0.491 e. The van der Waals surface area contributed by atoms with E-state index in [0.717, 1.165) is 0 Å². The molecule has 0 saturated heterocycles. The molecule has 7 heteroatoms. The van der Waals surface area contributed by atoms with Gasteiger partial charge in [0.2, 0.25) is 0 Å². The predicted octanol–water partition coefficient (Wildman–Crippen LogP) is 3.21. The molecule has 0 unspecified atom stereocenters. The lowest BCUT2D eigenvalue weighted by atomic mass is 10.3. The molecule has 1 atom stereocenters. The molecule has 2 rings (SSSR count). The number of hydrogen-bond donors (Lipinski definition) is 1. The molecule has 0 aliphatic carbocycles. The van der Waals surface area contributed by atoms with Gasteiger partial charge in [0.05, 0.1) is 10.6 Å². The summed E-state index contributed by atoms with van der Waals surface area (Å²) >= 11 is 11.5. The summed E-state index contributed by atoms with van der Waals surface area (Å²) in [6.45, 7) is -0.131. The Morgan fingerprint density at radius 1 is 0.955 bits per heavy atom. The molecule has 0 aliphatic heterocycles. The zero-order valence-electron chi connectivity index (χ0n) is 11.4. The lowest BCUT2D eigenvalue weighted by Gasteiger charge is -2.13. The van der Waals surface area contributed by atoms with Gasteiger partial charge in [-0.25, -0.2) is 8.42 Å². The first-order chi connectivity index (χ1) is 10.4. The number of aliphatic hydroxyl groups excluding tert-OH is 1. The van der Waals surface area contributed by atoms with Crippen molar-refractivity contribution in [2.75, 3.05) is 12.4 Å². The molecule has 0 saturated carbocycles. The van der Waals surface area contributed by atoms with Crippen molar-refractivity contribution in [2.24, 2.45) is 0 Å². The van der Waals surface area contributed by atoms with E-state index in [-0.39, 0.29) is 11.5 Å². The van der Waals surface area contributed by atoms with Crippen LogP contribution in [0.2, 0.25) is 10.0 Å². The summed E-state index contributed by atoms with van der Waals surface area (Å²) < 4.78 is 29.6. The average Bonchev–Trinajstić information content (AvgIpc) is 2.46. The Morgan fingerprint density at radius 2 is 1.45 bits per heavy atom. The molecule has 0 spiro atoms. The SMILES string of the molecule is O=S(=O)(C[C@H](O)COc1ccc(Cl)cc1)c1ccc(Cl)cc1. The van der Waals surface area contributed by atoms with Gasteiger partial charge in [-0.2, -0.15) is 0 Å². The molecule has 0 radical (unpaired) electrons. The Labute approximate surface area is 139 Å². The third-order valence-electron chi connectivity index (χ3n) is 2.84. The summed E-state index contributed by atoms with van der Waals surface area (Å²) in [5.74, 6) is 0.0784. The van der Waals surface area contributed by atoms with E-state index in [9.17, 15) is 13.5 Å². The molecule has 2 aromatic carbocycles. The lowest BCUT2D eigenvalue weighted by Crippen LogP contribution is -2.27. The van der Waals surface area contributed by atoms with Crippen LogP contribution in [0.5, 0.6) is 5.75 Å². The molecule has 4 nitrogen and oxygen atoms in total. The standard InChI is InChI=1S/C15H14Cl2O4S/c16-11-1-5-14(6-2-11)21-9-13(18)10-22(19,20)15-7-3-12(17)4-8-15/h1-8,13,18H,9-10H2/t13-/m1/s1. The number of halogens is 2. The monoisotopic (exact) mass is 360 g/mol. The minimum atomic E-state index is -3.60. The molecule has 0 aromatic heterocycles. The lowest BCUT2D eigenvalue weighted by molar-refractivity contribution is 0.125. The number of hydrogen-bond acceptors (Lipinski definition) is 4. The van der Waals surface area contributed by atoms with Crippen molar-refractivity contribution in [3.8, 4) is 5.75 Å². The number of benzene rings is 2. The molecular weight excluding hydrogens is 347 g/mol. The number of rotatable bonds is 6. The van der Waals surface area contributed by atoms with Gasteiger partial charge in [0.1, 0.15) is 18.5 Å². The van der Waals surface area contributed by atoms with Crippen molar-refractivity contribution in [1.29, 1.82) is 0 Å². The number of ether oxygens (including phenoxy) is 1. The first-order valence-electron chi connectivity index (χ1n) is 6.41. The first-order valence-corrected chi connectivity index (χ1v) is 8.82. The molecule has 2 aromatic rings. The second-order valence-electron chi connectivity index (χ2n) is 4.65. The Balaban J connectivity index is 1.94. The molecule has 0 bridgehead atoms. The van der Waals surface area contributed by atoms with E-state index >= 15 is 0 Å². The Hall–Kier alpha value is -1.27. The summed E-state index contributed by atoms with van der Waals surface area (Å²) in [6.07, 6.45) is -1.14. The normalized spacial score (nSPS) is 12.9. The highest BCUT2D eigenvalue weighted by Crippen LogP contribution is 2.18. The molecule has 0 amide bonds. The third-order valence-corrected chi connectivity index (χ3v) is 5.16. The van der Waals surface area contributed by atoms with Gasteiger partial charge in [-0.15, -0.1) is 0 Å². The molecular formula is C15H14Cl2O4S. The highest BCUT2D eigenvalue weighted by molar-refractivity contribution is 7.91. The Bertz CT molecular complexity index is 712. The van der Waals surface area contributed by atoms with E-state index in [4.69, 9.17) is 27.9 Å². The summed E-state index contributed by atoms with van der Waals surface area (Å²) in [4.78, 5) is 0.113. The van der Waals surface area contributed by atoms with Crippen LogP contribution in [0.15, 0.2) is 53.4 Å². The van der Waals surface area contributed by atoms with Gasteiger partial charge in [0.25, 0.3) is 0 Å². The van der Waals surface area contributed by atoms with Gasteiger partial charge >= 0.3 is 0 Å². The van der Waals surface area contributed by atoms with Crippen molar-refractivity contribution < 1.29 is 18.3 Å². The second-order valence-corrected chi connectivity index (χ2v) is 7.56. The molecule has 1 N–H and O–H groups in total. The van der Waals surface area contributed by atoms with E-state index in [1.165, 1.54) is 24.3 Å². The highest BCUT2D eigenvalue weighted by Gasteiger charge is 2.20. The Kier molecular flexibility index (Phi) is 5.69. The maximum absolute atomic E-state index is 12.1. The van der Waals surface area contributed by atoms with Crippen molar-refractivity contribution >= 4 is 33.0 Å². The van der Waals surface area contributed by atoms with Crippen molar-refractivity contribution in [3.63, 3.8) is 0 Å². The van der Waals surface area contributed by atoms with Gasteiger partial charge in [0.15, 0.2) is 9.84 Å². The van der Waals surface area contributed by atoms with Gasteiger partial charge in [0, 0.05) is 10.0 Å². The minimum absolute atomic E-state index is 0.113. The van der Waals surface area contributed by atoms with Crippen LogP contribution in [0.3, 0.4) is 0 Å². The van der Waals surface area contributed by atoms with Crippen LogP contribution in [0.1, 0.15) is 0 Å². The zero-order chi connectivity index (χ0) is 16.2. The van der Waals surface area contributed by atoms with Gasteiger partial charge in [-0.05, 0) is 48.5 Å². The number of aliphatic hydroxyl groups is 1. The van der Waals surface area contributed by atoms with Crippen LogP contribution in [-0.4, -0.2) is 32.0 Å². The fourth-order valence-electron chi connectivity index (χ4n) is 1.76. The smallest absolute Gasteiger partial charge is 0.181 e. The fraction of sp³-hybridized carbons (Fsp3) is 0.200. The number of sulfone groups is 1. The maximum Gasteiger partial charge on any atom is 0.181 e. The van der Waals surface area contributed by atoms with Crippen molar-refractivity contribution in [3.05, 3.63) is 58.6 Å². The van der Waals surface area contributed by atoms with Crippen molar-refractivity contribution in [2.45, 2.75) is 11.0 Å². The van der Waals surface area contributed by atoms with Gasteiger partial charge in [-0.1, -0.05) is 23.2 Å². The average molecular weight is 361 g/mol. The summed E-state index contributed by atoms with van der Waals surface area (Å²) in [5.41, 5.74) is 0. The summed E-state index contributed by atoms with van der Waals surface area (Å²) in [5, 5.41) is 10.9. The van der Waals surface area contributed by atoms with Crippen LogP contribution in [0.25, 0.3) is 0 Å². The summed E-state index contributed by atoms with van der Waals surface area (Å²) in [6, 6.07) is 12.4. The van der Waals surface area contributed by atoms with E-state index in [0.29, 0.717) is 15.8 Å². The van der Waals surface area contributed by atoms with E-state index in [1.807, 2.05) is 0 Å². The topological polar surface area (TPSA) is 63.6 Å². The molecule has 0 aliphatic rings. The first kappa shape index (κ1) is 17.1. The van der Waals surface area contributed by atoms with Crippen LogP contribution in [0, 0.1) is 0 Å². The van der Waals surface area contributed by atoms with Crippen molar-refractivity contribution in [1.82, 2.24) is 0 Å². The molecule has 118 valence electrons. The van der Waals surface area contributed by atoms with Gasteiger partial charge < -0.3 is 9.84 Å². The summed E-state index contributed by atoms with van der Waals surface area (Å²) in [7, 11) is -3.60. The van der Waals surface area contributed by atoms with E-state index in [2.05, 4.69) is 0 Å². The van der Waals surface area contributed by atoms with Crippen LogP contribution in [0.4, 0.5) is 0 Å². The van der Waals surface area contributed by atoms with E-state index < -0.39 is 21.7 Å². The third kappa shape index (κ3) is 4.88.